The first kappa shape index (κ1) is 16.9. The largest absolute Gasteiger partial charge is 0.380 e. The van der Waals surface area contributed by atoms with Gasteiger partial charge in [0.15, 0.2) is 0 Å². The molecule has 5 nitrogen and oxygen atoms in total. The summed E-state index contributed by atoms with van der Waals surface area (Å²) in [6.07, 6.45) is 1.86. The summed E-state index contributed by atoms with van der Waals surface area (Å²) in [7, 11) is 0. The minimum atomic E-state index is 0.488. The van der Waals surface area contributed by atoms with Crippen LogP contribution in [0, 0.1) is 6.92 Å². The van der Waals surface area contributed by atoms with Crippen molar-refractivity contribution in [2.24, 2.45) is 5.73 Å². The van der Waals surface area contributed by atoms with Gasteiger partial charge >= 0.3 is 0 Å². The van der Waals surface area contributed by atoms with Gasteiger partial charge in [-0.2, -0.15) is 0 Å². The van der Waals surface area contributed by atoms with Gasteiger partial charge in [0.25, 0.3) is 0 Å². The Kier molecular flexibility index (Phi) is 8.18. The molecule has 0 bridgehead atoms. The van der Waals surface area contributed by atoms with Crippen molar-refractivity contribution < 1.29 is 9.47 Å². The highest BCUT2D eigenvalue weighted by Gasteiger charge is 2.11. The van der Waals surface area contributed by atoms with Crippen LogP contribution < -0.4 is 10.6 Å². The smallest absolute Gasteiger partial charge is 0.0641 e. The Labute approximate surface area is 122 Å². The van der Waals surface area contributed by atoms with Gasteiger partial charge < -0.3 is 20.1 Å². The molecule has 0 aliphatic heterocycles. The summed E-state index contributed by atoms with van der Waals surface area (Å²) in [6, 6.07) is 2.08. The highest BCUT2D eigenvalue weighted by Crippen LogP contribution is 2.20. The summed E-state index contributed by atoms with van der Waals surface area (Å²) in [5.74, 6) is 0. The van der Waals surface area contributed by atoms with Crippen LogP contribution in [0.1, 0.15) is 25.1 Å². The zero-order valence-electron chi connectivity index (χ0n) is 12.9. The summed E-state index contributed by atoms with van der Waals surface area (Å²) in [5, 5.41) is 0. The van der Waals surface area contributed by atoms with E-state index in [9.17, 15) is 0 Å². The van der Waals surface area contributed by atoms with Crippen LogP contribution in [0.15, 0.2) is 12.3 Å². The molecule has 0 fully saturated rings. The van der Waals surface area contributed by atoms with Crippen molar-refractivity contribution in [2.45, 2.75) is 27.3 Å². The fourth-order valence-electron chi connectivity index (χ4n) is 2.02. The number of anilines is 1. The van der Waals surface area contributed by atoms with Crippen LogP contribution in [0.4, 0.5) is 5.69 Å². The summed E-state index contributed by atoms with van der Waals surface area (Å²) < 4.78 is 10.9. The van der Waals surface area contributed by atoms with Gasteiger partial charge in [0.1, 0.15) is 0 Å². The maximum Gasteiger partial charge on any atom is 0.0641 e. The molecule has 114 valence electrons. The van der Waals surface area contributed by atoms with E-state index in [-0.39, 0.29) is 0 Å². The van der Waals surface area contributed by atoms with Crippen molar-refractivity contribution in [3.63, 3.8) is 0 Å². The lowest BCUT2D eigenvalue weighted by atomic mass is 10.2. The van der Waals surface area contributed by atoms with Gasteiger partial charge in [0.2, 0.25) is 0 Å². The quantitative estimate of drug-likeness (QED) is 0.662. The van der Waals surface area contributed by atoms with Crippen molar-refractivity contribution in [3.8, 4) is 0 Å². The molecule has 1 aromatic rings. The van der Waals surface area contributed by atoms with Crippen molar-refractivity contribution in [3.05, 3.63) is 23.5 Å². The van der Waals surface area contributed by atoms with E-state index in [4.69, 9.17) is 15.2 Å². The Morgan fingerprint density at radius 3 is 2.25 bits per heavy atom. The second-order valence-corrected chi connectivity index (χ2v) is 4.54. The molecule has 2 N–H and O–H groups in total. The van der Waals surface area contributed by atoms with E-state index in [1.165, 1.54) is 0 Å². The molecular weight excluding hydrogens is 254 g/mol. The normalized spacial score (nSPS) is 10.8. The fourth-order valence-corrected chi connectivity index (χ4v) is 2.02. The summed E-state index contributed by atoms with van der Waals surface area (Å²) in [5.41, 5.74) is 9.01. The molecule has 0 spiro atoms. The van der Waals surface area contributed by atoms with Crippen LogP contribution >= 0.6 is 0 Å². The van der Waals surface area contributed by atoms with Crippen LogP contribution in [0.5, 0.6) is 0 Å². The second kappa shape index (κ2) is 9.69. The summed E-state index contributed by atoms with van der Waals surface area (Å²) >= 11 is 0. The molecule has 0 aromatic carbocycles. The standard InChI is InChI=1S/C15H27N3O2/c1-4-19-8-6-18(7-9-20-5-2)15-10-13(3)17-12-14(15)11-16/h10,12H,4-9,11,16H2,1-3H3. The number of nitrogens with zero attached hydrogens (tertiary/aromatic N) is 2. The monoisotopic (exact) mass is 281 g/mol. The molecule has 1 rings (SSSR count). The van der Waals surface area contributed by atoms with E-state index < -0.39 is 0 Å². The predicted molar refractivity (Wildman–Crippen MR) is 82.1 cm³/mol. The number of ether oxygens (including phenoxy) is 2. The lowest BCUT2D eigenvalue weighted by Gasteiger charge is -2.27. The third-order valence-corrected chi connectivity index (χ3v) is 3.08. The lowest BCUT2D eigenvalue weighted by Crippen LogP contribution is -2.32. The molecule has 0 unspecified atom stereocenters. The van der Waals surface area contributed by atoms with Gasteiger partial charge in [-0.15, -0.1) is 0 Å². The van der Waals surface area contributed by atoms with Crippen LogP contribution in [0.3, 0.4) is 0 Å². The molecule has 20 heavy (non-hydrogen) atoms. The van der Waals surface area contributed by atoms with Gasteiger partial charge in [-0.05, 0) is 26.8 Å². The molecule has 0 saturated carbocycles. The first-order chi connectivity index (χ1) is 9.72. The molecule has 0 amide bonds. The molecule has 0 atom stereocenters. The van der Waals surface area contributed by atoms with Gasteiger partial charge in [-0.25, -0.2) is 0 Å². The van der Waals surface area contributed by atoms with Gasteiger partial charge in [-0.3, -0.25) is 4.98 Å². The third-order valence-electron chi connectivity index (χ3n) is 3.08. The average molecular weight is 281 g/mol. The third kappa shape index (κ3) is 5.45. The van der Waals surface area contributed by atoms with Crippen LogP contribution in [0.2, 0.25) is 0 Å². The molecular formula is C15H27N3O2. The molecule has 0 aliphatic carbocycles. The van der Waals surface area contributed by atoms with Crippen molar-refractivity contribution in [1.29, 1.82) is 0 Å². The number of rotatable bonds is 10. The molecule has 1 heterocycles. The number of hydrogen-bond acceptors (Lipinski definition) is 5. The van der Waals surface area contributed by atoms with E-state index in [0.717, 1.165) is 43.2 Å². The maximum atomic E-state index is 5.82. The Bertz CT molecular complexity index is 375. The van der Waals surface area contributed by atoms with Gasteiger partial charge in [0, 0.05) is 56.0 Å². The minimum absolute atomic E-state index is 0.488. The number of aryl methyl sites for hydroxylation is 1. The fraction of sp³-hybridized carbons (Fsp3) is 0.667. The number of pyridine rings is 1. The zero-order chi connectivity index (χ0) is 14.8. The van der Waals surface area contributed by atoms with Gasteiger partial charge in [-0.1, -0.05) is 0 Å². The first-order valence-corrected chi connectivity index (χ1v) is 7.28. The van der Waals surface area contributed by atoms with E-state index in [0.29, 0.717) is 19.8 Å². The Morgan fingerprint density at radius 1 is 1.15 bits per heavy atom. The minimum Gasteiger partial charge on any atom is -0.380 e. The Balaban J connectivity index is 2.80. The Hall–Kier alpha value is -1.17. The van der Waals surface area contributed by atoms with E-state index in [2.05, 4.69) is 16.0 Å². The topological polar surface area (TPSA) is 60.6 Å². The van der Waals surface area contributed by atoms with Gasteiger partial charge in [0.05, 0.1) is 13.2 Å². The van der Waals surface area contributed by atoms with E-state index in [1.54, 1.807) is 0 Å². The summed E-state index contributed by atoms with van der Waals surface area (Å²) in [6.45, 7) is 11.0. The lowest BCUT2D eigenvalue weighted by molar-refractivity contribution is 0.141. The molecule has 0 radical (unpaired) electrons. The number of hydrogen-bond donors (Lipinski definition) is 1. The molecule has 0 saturated heterocycles. The van der Waals surface area contributed by atoms with Crippen molar-refractivity contribution >= 4 is 5.69 Å². The second-order valence-electron chi connectivity index (χ2n) is 4.54. The highest BCUT2D eigenvalue weighted by atomic mass is 16.5. The zero-order valence-corrected chi connectivity index (χ0v) is 12.9. The highest BCUT2D eigenvalue weighted by molar-refractivity contribution is 5.53. The van der Waals surface area contributed by atoms with E-state index in [1.807, 2.05) is 27.0 Å². The number of aromatic nitrogens is 1. The SMILES string of the molecule is CCOCCN(CCOCC)c1cc(C)ncc1CN. The van der Waals surface area contributed by atoms with Crippen LogP contribution in [-0.2, 0) is 16.0 Å². The molecule has 1 aromatic heterocycles. The maximum absolute atomic E-state index is 5.82. The average Bonchev–Trinajstić information content (AvgIpc) is 2.46. The van der Waals surface area contributed by atoms with Crippen LogP contribution in [0.25, 0.3) is 0 Å². The van der Waals surface area contributed by atoms with E-state index >= 15 is 0 Å². The predicted octanol–water partition coefficient (Wildman–Crippen LogP) is 1.73. The first-order valence-electron chi connectivity index (χ1n) is 7.28. The van der Waals surface area contributed by atoms with Crippen molar-refractivity contribution in [1.82, 2.24) is 4.98 Å². The van der Waals surface area contributed by atoms with Crippen LogP contribution in [-0.4, -0.2) is 44.5 Å². The van der Waals surface area contributed by atoms with Crippen molar-refractivity contribution in [2.75, 3.05) is 44.4 Å². The molecule has 0 aliphatic rings. The Morgan fingerprint density at radius 2 is 1.75 bits per heavy atom. The molecule has 5 heteroatoms. The summed E-state index contributed by atoms with van der Waals surface area (Å²) in [4.78, 5) is 6.58. The number of nitrogens with two attached hydrogens (primary N) is 1.